The Bertz CT molecular complexity index is 262. The molecule has 1 heterocycles. The number of hydrogen-bond acceptors (Lipinski definition) is 3. The molecule has 0 spiro atoms. The fourth-order valence-electron chi connectivity index (χ4n) is 1.45. The maximum atomic E-state index is 11.7. The summed E-state index contributed by atoms with van der Waals surface area (Å²) in [6, 6.07) is -0.291. The molecule has 0 radical (unpaired) electrons. The second kappa shape index (κ2) is 3.86. The summed E-state index contributed by atoms with van der Waals surface area (Å²) >= 11 is 0. The van der Waals surface area contributed by atoms with Gasteiger partial charge in [0, 0.05) is 6.42 Å². The van der Waals surface area contributed by atoms with E-state index in [4.69, 9.17) is 4.43 Å². The molecular weight excluding hydrogens is 214 g/mol. The van der Waals surface area contributed by atoms with Crippen molar-refractivity contribution in [2.75, 3.05) is 0 Å². The fraction of sp³-hybridized carbons (Fsp3) is 0.750. The first-order chi connectivity index (χ1) is 6.31. The van der Waals surface area contributed by atoms with Gasteiger partial charge in [0.05, 0.1) is 0 Å². The van der Waals surface area contributed by atoms with E-state index in [1.807, 2.05) is 19.6 Å². The highest BCUT2D eigenvalue weighted by Crippen LogP contribution is 2.18. The average Bonchev–Trinajstić information content (AvgIpc) is 2.29. The summed E-state index contributed by atoms with van der Waals surface area (Å²) in [5, 5.41) is 0. The smallest absolute Gasteiger partial charge is 0.314 e. The monoisotopic (exact) mass is 231 g/mol. The Labute approximate surface area is 88.2 Å². The zero-order valence-electron chi connectivity index (χ0n) is 9.16. The molecule has 0 unspecified atom stereocenters. The Kier molecular flexibility index (Phi) is 3.15. The molecule has 1 aliphatic heterocycles. The first kappa shape index (κ1) is 11.4. The normalized spacial score (nSPS) is 22.9. The molecule has 0 aliphatic carbocycles. The number of amides is 1. The van der Waals surface area contributed by atoms with Gasteiger partial charge in [-0.15, -0.1) is 0 Å². The van der Waals surface area contributed by atoms with Crippen LogP contribution in [-0.4, -0.2) is 41.2 Å². The third-order valence-electron chi connectivity index (χ3n) is 2.17. The van der Waals surface area contributed by atoms with E-state index in [-0.39, 0.29) is 17.9 Å². The second-order valence-corrected chi connectivity index (χ2v) is 9.99. The van der Waals surface area contributed by atoms with Gasteiger partial charge in [-0.25, -0.2) is 0 Å². The maximum Gasteiger partial charge on any atom is 0.314 e. The number of carbonyl (C=O) groups is 2. The molecule has 0 aromatic rings. The molecule has 0 aromatic carbocycles. The topological polar surface area (TPSA) is 46.6 Å². The highest BCUT2D eigenvalue weighted by molar-refractivity contribution is 6.71. The molecule has 0 N–H and O–H groups in total. The van der Waals surface area contributed by atoms with Gasteiger partial charge in [0.15, 0.2) is 0 Å². The molecule has 1 aliphatic rings. The van der Waals surface area contributed by atoms with Gasteiger partial charge < -0.3 is 8.99 Å². The van der Waals surface area contributed by atoms with Gasteiger partial charge in [0.1, 0.15) is 16.4 Å². The van der Waals surface area contributed by atoms with Crippen molar-refractivity contribution < 1.29 is 14.0 Å². The molecule has 4 nitrogen and oxygen atoms in total. The van der Waals surface area contributed by atoms with Gasteiger partial charge in [-0.3, -0.25) is 9.59 Å². The molecule has 0 bridgehead atoms. The Balaban J connectivity index is 2.58. The summed E-state index contributed by atoms with van der Waals surface area (Å²) in [4.78, 5) is 22.9. The van der Waals surface area contributed by atoms with Crippen molar-refractivity contribution in [2.24, 2.45) is 0 Å². The predicted octanol–water partition coefficient (Wildman–Crippen LogP) is -0.364. The van der Waals surface area contributed by atoms with Crippen LogP contribution in [0.2, 0.25) is 19.6 Å². The summed E-state index contributed by atoms with van der Waals surface area (Å²) < 4.78 is 7.00. The first-order valence-electron chi connectivity index (χ1n) is 4.80. The summed E-state index contributed by atoms with van der Waals surface area (Å²) in [5.41, 5.74) is 0. The van der Waals surface area contributed by atoms with E-state index in [9.17, 15) is 9.59 Å². The highest BCUT2D eigenvalue weighted by Gasteiger charge is 2.35. The minimum Gasteiger partial charge on any atom is -0.518 e. The van der Waals surface area contributed by atoms with E-state index in [0.29, 0.717) is 23.2 Å². The van der Waals surface area contributed by atoms with Crippen molar-refractivity contribution in [3.8, 4) is 0 Å². The van der Waals surface area contributed by atoms with Crippen LogP contribution < -0.4 is 0 Å². The standard InChI is InChI=1S/C8H17NO3Si2/c1-14(2,3)12-8(11)6-4-5-7(10)9(6)13/h6H,4-5H2,1-3,13H3/t6-/m0/s1. The zero-order chi connectivity index (χ0) is 10.9. The van der Waals surface area contributed by atoms with Crippen LogP contribution >= 0.6 is 0 Å². The van der Waals surface area contributed by atoms with Gasteiger partial charge >= 0.3 is 5.97 Å². The molecule has 14 heavy (non-hydrogen) atoms. The average molecular weight is 231 g/mol. The molecule has 1 atom stereocenters. The third kappa shape index (κ3) is 2.68. The molecule has 0 saturated carbocycles. The summed E-state index contributed by atoms with van der Waals surface area (Å²) in [6.07, 6.45) is 1.13. The van der Waals surface area contributed by atoms with E-state index in [1.54, 1.807) is 4.57 Å². The van der Waals surface area contributed by atoms with Crippen LogP contribution in [0, 0.1) is 0 Å². The number of hydrogen-bond donors (Lipinski definition) is 0. The highest BCUT2D eigenvalue weighted by atomic mass is 28.4. The Morgan fingerprint density at radius 1 is 1.57 bits per heavy atom. The molecular formula is C8H17NO3Si2. The number of carbonyl (C=O) groups excluding carboxylic acids is 2. The largest absolute Gasteiger partial charge is 0.518 e. The van der Waals surface area contributed by atoms with Gasteiger partial charge in [-0.2, -0.15) is 0 Å². The number of nitrogens with zero attached hydrogens (tertiary/aromatic N) is 1. The minimum absolute atomic E-state index is 0.0918. The summed E-state index contributed by atoms with van der Waals surface area (Å²) in [6.45, 7) is 5.91. The molecule has 1 amide bonds. The van der Waals surface area contributed by atoms with Gasteiger partial charge in [0.2, 0.25) is 14.2 Å². The van der Waals surface area contributed by atoms with E-state index in [0.717, 1.165) is 0 Å². The molecule has 80 valence electrons. The SMILES string of the molecule is C[Si](C)(C)OC(=O)[C@@H]1CCC(=O)N1[SiH3]. The van der Waals surface area contributed by atoms with Gasteiger partial charge in [0.25, 0.3) is 0 Å². The Hall–Kier alpha value is -0.626. The van der Waals surface area contributed by atoms with Crippen molar-refractivity contribution in [3.05, 3.63) is 0 Å². The summed E-state index contributed by atoms with van der Waals surface area (Å²) in [5.74, 6) is -0.112. The minimum atomic E-state index is -1.81. The van der Waals surface area contributed by atoms with Crippen molar-refractivity contribution in [3.63, 3.8) is 0 Å². The quantitative estimate of drug-likeness (QED) is 0.610. The van der Waals surface area contributed by atoms with E-state index in [1.165, 1.54) is 0 Å². The molecule has 1 rings (SSSR count). The molecule has 6 heteroatoms. The molecule has 1 saturated heterocycles. The van der Waals surface area contributed by atoms with Crippen molar-refractivity contribution in [1.29, 1.82) is 0 Å². The first-order valence-corrected chi connectivity index (χ1v) is 9.10. The van der Waals surface area contributed by atoms with Crippen LogP contribution in [0.15, 0.2) is 0 Å². The van der Waals surface area contributed by atoms with Gasteiger partial charge in [-0.1, -0.05) is 0 Å². The lowest BCUT2D eigenvalue weighted by Crippen LogP contribution is -2.42. The van der Waals surface area contributed by atoms with Crippen molar-refractivity contribution in [2.45, 2.75) is 38.5 Å². The third-order valence-corrected chi connectivity index (χ3v) is 4.11. The van der Waals surface area contributed by atoms with Crippen molar-refractivity contribution >= 4 is 30.6 Å². The van der Waals surface area contributed by atoms with Crippen molar-refractivity contribution in [1.82, 2.24) is 4.57 Å². The molecule has 1 fully saturated rings. The van der Waals surface area contributed by atoms with Crippen LogP contribution in [0.25, 0.3) is 0 Å². The lowest BCUT2D eigenvalue weighted by molar-refractivity contribution is -0.141. The fourth-order valence-corrected chi connectivity index (χ4v) is 2.88. The van der Waals surface area contributed by atoms with Gasteiger partial charge in [-0.05, 0) is 26.1 Å². The van der Waals surface area contributed by atoms with Crippen LogP contribution in [0.4, 0.5) is 0 Å². The van der Waals surface area contributed by atoms with Crippen LogP contribution in [-0.2, 0) is 14.0 Å². The Morgan fingerprint density at radius 2 is 2.14 bits per heavy atom. The summed E-state index contributed by atoms with van der Waals surface area (Å²) in [7, 11) is -1.20. The predicted molar refractivity (Wildman–Crippen MR) is 59.2 cm³/mol. The maximum absolute atomic E-state index is 11.7. The van der Waals surface area contributed by atoms with E-state index in [2.05, 4.69) is 0 Å². The van der Waals surface area contributed by atoms with E-state index < -0.39 is 8.32 Å². The zero-order valence-corrected chi connectivity index (χ0v) is 12.2. The Morgan fingerprint density at radius 3 is 2.50 bits per heavy atom. The molecule has 0 aromatic heterocycles. The second-order valence-electron chi connectivity index (χ2n) is 4.59. The number of rotatable bonds is 2. The van der Waals surface area contributed by atoms with Crippen LogP contribution in [0.5, 0.6) is 0 Å². The van der Waals surface area contributed by atoms with Crippen LogP contribution in [0.1, 0.15) is 12.8 Å². The lowest BCUT2D eigenvalue weighted by atomic mass is 10.2. The lowest BCUT2D eigenvalue weighted by Gasteiger charge is -2.24. The van der Waals surface area contributed by atoms with Crippen LogP contribution in [0.3, 0.4) is 0 Å². The van der Waals surface area contributed by atoms with E-state index >= 15 is 0 Å².